The average molecular weight is 402 g/mol. The topological polar surface area (TPSA) is 107 Å². The number of carbonyl (C=O) groups is 3. The fourth-order valence-corrected chi connectivity index (χ4v) is 3.01. The fourth-order valence-electron chi connectivity index (χ4n) is 3.01. The maximum Gasteiger partial charge on any atom is 0.340 e. The van der Waals surface area contributed by atoms with Gasteiger partial charge in [-0.1, -0.05) is 0 Å². The molecule has 29 heavy (non-hydrogen) atoms. The number of methoxy groups -OCH3 is 2. The molecular weight excluding hydrogens is 380 g/mol. The SMILES string of the molecule is COc1cc(NC(=O)c2ccco2)c(C(=O)OCC(=O)N2CCCC2)cc1OC. The zero-order valence-electron chi connectivity index (χ0n) is 16.2. The summed E-state index contributed by atoms with van der Waals surface area (Å²) in [5.74, 6) is -0.910. The molecule has 0 saturated carbocycles. The van der Waals surface area contributed by atoms with Crippen LogP contribution in [0, 0.1) is 0 Å². The molecule has 0 atom stereocenters. The quantitative estimate of drug-likeness (QED) is 0.708. The van der Waals surface area contributed by atoms with Gasteiger partial charge in [0.05, 0.1) is 31.7 Å². The molecule has 0 radical (unpaired) electrons. The van der Waals surface area contributed by atoms with Crippen LogP contribution in [0.2, 0.25) is 0 Å². The van der Waals surface area contributed by atoms with E-state index in [2.05, 4.69) is 5.32 Å². The van der Waals surface area contributed by atoms with Gasteiger partial charge < -0.3 is 28.8 Å². The minimum atomic E-state index is -0.770. The van der Waals surface area contributed by atoms with E-state index in [1.165, 1.54) is 38.7 Å². The predicted molar refractivity (Wildman–Crippen MR) is 102 cm³/mol. The zero-order valence-corrected chi connectivity index (χ0v) is 16.2. The maximum absolute atomic E-state index is 12.7. The molecule has 1 aliphatic heterocycles. The lowest BCUT2D eigenvalue weighted by atomic mass is 10.1. The molecule has 1 N–H and O–H groups in total. The summed E-state index contributed by atoms with van der Waals surface area (Å²) in [4.78, 5) is 38.8. The first kappa shape index (κ1) is 20.2. The van der Waals surface area contributed by atoms with E-state index >= 15 is 0 Å². The van der Waals surface area contributed by atoms with Crippen molar-refractivity contribution in [2.24, 2.45) is 0 Å². The Morgan fingerprint density at radius 1 is 1.10 bits per heavy atom. The van der Waals surface area contributed by atoms with Crippen LogP contribution in [-0.4, -0.2) is 56.6 Å². The molecule has 0 aliphatic carbocycles. The van der Waals surface area contributed by atoms with Crippen LogP contribution in [0.1, 0.15) is 33.8 Å². The molecule has 2 heterocycles. The Hall–Kier alpha value is -3.49. The largest absolute Gasteiger partial charge is 0.493 e. The van der Waals surface area contributed by atoms with Crippen molar-refractivity contribution in [1.82, 2.24) is 4.90 Å². The van der Waals surface area contributed by atoms with Gasteiger partial charge in [0, 0.05) is 25.2 Å². The first-order chi connectivity index (χ1) is 14.0. The number of carbonyl (C=O) groups excluding carboxylic acids is 3. The van der Waals surface area contributed by atoms with Crippen molar-refractivity contribution in [2.45, 2.75) is 12.8 Å². The molecule has 0 spiro atoms. The number of ether oxygens (including phenoxy) is 3. The maximum atomic E-state index is 12.7. The van der Waals surface area contributed by atoms with Gasteiger partial charge in [-0.15, -0.1) is 0 Å². The monoisotopic (exact) mass is 402 g/mol. The van der Waals surface area contributed by atoms with Crippen molar-refractivity contribution in [1.29, 1.82) is 0 Å². The molecule has 0 bridgehead atoms. The second-order valence-electron chi connectivity index (χ2n) is 6.35. The number of nitrogens with one attached hydrogen (secondary N) is 1. The molecule has 1 aliphatic rings. The van der Waals surface area contributed by atoms with Crippen molar-refractivity contribution < 1.29 is 33.0 Å². The number of furan rings is 1. The zero-order chi connectivity index (χ0) is 20.8. The third-order valence-electron chi connectivity index (χ3n) is 4.52. The Morgan fingerprint density at radius 3 is 2.41 bits per heavy atom. The third kappa shape index (κ3) is 4.68. The van der Waals surface area contributed by atoms with Crippen LogP contribution in [0.3, 0.4) is 0 Å². The van der Waals surface area contributed by atoms with Gasteiger partial charge in [0.25, 0.3) is 11.8 Å². The van der Waals surface area contributed by atoms with E-state index in [1.807, 2.05) is 0 Å². The Bertz CT molecular complexity index is 886. The van der Waals surface area contributed by atoms with E-state index in [0.717, 1.165) is 12.8 Å². The summed E-state index contributed by atoms with van der Waals surface area (Å²) in [6.07, 6.45) is 3.25. The van der Waals surface area contributed by atoms with Gasteiger partial charge in [-0.2, -0.15) is 0 Å². The third-order valence-corrected chi connectivity index (χ3v) is 4.52. The van der Waals surface area contributed by atoms with Gasteiger partial charge in [-0.3, -0.25) is 9.59 Å². The van der Waals surface area contributed by atoms with Gasteiger partial charge in [0.1, 0.15) is 0 Å². The number of anilines is 1. The highest BCUT2D eigenvalue weighted by atomic mass is 16.5. The van der Waals surface area contributed by atoms with Gasteiger partial charge in [0.2, 0.25) is 0 Å². The summed E-state index contributed by atoms with van der Waals surface area (Å²) < 4.78 is 20.7. The fraction of sp³-hybridized carbons (Fsp3) is 0.350. The van der Waals surface area contributed by atoms with E-state index < -0.39 is 11.9 Å². The summed E-state index contributed by atoms with van der Waals surface area (Å²) in [6.45, 7) is 0.952. The Morgan fingerprint density at radius 2 is 1.79 bits per heavy atom. The van der Waals surface area contributed by atoms with Crippen molar-refractivity contribution in [2.75, 3.05) is 39.2 Å². The number of benzene rings is 1. The number of hydrogen-bond donors (Lipinski definition) is 1. The smallest absolute Gasteiger partial charge is 0.340 e. The summed E-state index contributed by atoms with van der Waals surface area (Å²) >= 11 is 0. The van der Waals surface area contributed by atoms with Crippen molar-refractivity contribution in [3.63, 3.8) is 0 Å². The Labute approximate surface area is 167 Å². The number of esters is 1. The van der Waals surface area contributed by atoms with Crippen LogP contribution in [0.4, 0.5) is 5.69 Å². The summed E-state index contributed by atoms with van der Waals surface area (Å²) in [5, 5.41) is 2.60. The Kier molecular flexibility index (Phi) is 6.38. The van der Waals surface area contributed by atoms with E-state index in [4.69, 9.17) is 18.6 Å². The summed E-state index contributed by atoms with van der Waals surface area (Å²) in [7, 11) is 2.85. The van der Waals surface area contributed by atoms with Crippen molar-refractivity contribution in [3.05, 3.63) is 41.9 Å². The van der Waals surface area contributed by atoms with Crippen LogP contribution >= 0.6 is 0 Å². The average Bonchev–Trinajstić information content (AvgIpc) is 3.45. The lowest BCUT2D eigenvalue weighted by molar-refractivity contribution is -0.133. The molecule has 154 valence electrons. The summed E-state index contributed by atoms with van der Waals surface area (Å²) in [6, 6.07) is 5.89. The van der Waals surface area contributed by atoms with Crippen molar-refractivity contribution >= 4 is 23.5 Å². The molecule has 9 nitrogen and oxygen atoms in total. The molecule has 3 rings (SSSR count). The number of rotatable bonds is 7. The lowest BCUT2D eigenvalue weighted by Crippen LogP contribution is -2.32. The van der Waals surface area contributed by atoms with E-state index in [-0.39, 0.29) is 35.3 Å². The van der Waals surface area contributed by atoms with Gasteiger partial charge in [-0.05, 0) is 25.0 Å². The first-order valence-electron chi connectivity index (χ1n) is 9.09. The molecule has 1 aromatic heterocycles. The molecule has 1 saturated heterocycles. The molecule has 1 fully saturated rings. The normalized spacial score (nSPS) is 13.1. The molecule has 2 aromatic rings. The minimum Gasteiger partial charge on any atom is -0.493 e. The number of nitrogens with zero attached hydrogens (tertiary/aromatic N) is 1. The van der Waals surface area contributed by atoms with Crippen LogP contribution < -0.4 is 14.8 Å². The van der Waals surface area contributed by atoms with Crippen LogP contribution in [0.15, 0.2) is 34.9 Å². The second kappa shape index (κ2) is 9.13. The minimum absolute atomic E-state index is 0.0248. The van der Waals surface area contributed by atoms with E-state index in [9.17, 15) is 14.4 Å². The highest BCUT2D eigenvalue weighted by Crippen LogP contribution is 2.34. The van der Waals surface area contributed by atoms with Crippen LogP contribution in [0.25, 0.3) is 0 Å². The lowest BCUT2D eigenvalue weighted by Gasteiger charge is -2.17. The molecule has 0 unspecified atom stereocenters. The molecular formula is C20H22N2O7. The standard InChI is InChI=1S/C20H22N2O7/c1-26-16-10-13(20(25)29-12-18(23)22-7-3-4-8-22)14(11-17(16)27-2)21-19(24)15-6-5-9-28-15/h5-6,9-11H,3-4,7-8,12H2,1-2H3,(H,21,24). The number of amides is 2. The van der Waals surface area contributed by atoms with Crippen LogP contribution in [0.5, 0.6) is 11.5 Å². The van der Waals surface area contributed by atoms with Gasteiger partial charge in [0.15, 0.2) is 23.9 Å². The summed E-state index contributed by atoms with van der Waals surface area (Å²) in [5.41, 5.74) is 0.166. The molecule has 1 aromatic carbocycles. The molecule has 2 amide bonds. The van der Waals surface area contributed by atoms with Crippen molar-refractivity contribution in [3.8, 4) is 11.5 Å². The first-order valence-corrected chi connectivity index (χ1v) is 9.09. The van der Waals surface area contributed by atoms with E-state index in [1.54, 1.807) is 11.0 Å². The second-order valence-corrected chi connectivity index (χ2v) is 6.35. The highest BCUT2D eigenvalue weighted by molar-refractivity contribution is 6.07. The Balaban J connectivity index is 1.81. The van der Waals surface area contributed by atoms with Crippen LogP contribution in [-0.2, 0) is 9.53 Å². The molecule has 9 heteroatoms. The number of hydrogen-bond acceptors (Lipinski definition) is 7. The highest BCUT2D eigenvalue weighted by Gasteiger charge is 2.23. The van der Waals surface area contributed by atoms with Gasteiger partial charge in [-0.25, -0.2) is 4.79 Å². The van der Waals surface area contributed by atoms with E-state index in [0.29, 0.717) is 18.8 Å². The van der Waals surface area contributed by atoms with Gasteiger partial charge >= 0.3 is 5.97 Å². The predicted octanol–water partition coefficient (Wildman–Crippen LogP) is 2.33. The number of likely N-dealkylation sites (tertiary alicyclic amines) is 1.